The van der Waals surface area contributed by atoms with Gasteiger partial charge in [0.25, 0.3) is 0 Å². The van der Waals surface area contributed by atoms with Gasteiger partial charge < -0.3 is 10.1 Å². The topological polar surface area (TPSA) is 55.4 Å². The number of nitrogens with one attached hydrogen (secondary N) is 1. The largest absolute Gasteiger partial charge is 0.465 e. The van der Waals surface area contributed by atoms with Crippen molar-refractivity contribution >= 4 is 11.9 Å². The number of hydrogen-bond donors (Lipinski definition) is 1. The van der Waals surface area contributed by atoms with Crippen molar-refractivity contribution in [2.75, 3.05) is 6.61 Å². The molecule has 0 heterocycles. The number of rotatable bonds is 4. The summed E-state index contributed by atoms with van der Waals surface area (Å²) < 4.78 is 4.79. The molecular formula is C12H19NO3. The Labute approximate surface area is 96.0 Å². The predicted molar refractivity (Wildman–Crippen MR) is 60.7 cm³/mol. The van der Waals surface area contributed by atoms with Gasteiger partial charge in [0.05, 0.1) is 6.61 Å². The summed E-state index contributed by atoms with van der Waals surface area (Å²) in [6, 6.07) is 0.0318. The van der Waals surface area contributed by atoms with Crippen molar-refractivity contribution in [3.63, 3.8) is 0 Å². The normalized spacial score (nSPS) is 21.6. The molecule has 1 aliphatic rings. The van der Waals surface area contributed by atoms with Crippen LogP contribution in [0.2, 0.25) is 0 Å². The summed E-state index contributed by atoms with van der Waals surface area (Å²) in [5.41, 5.74) is 1.05. The van der Waals surface area contributed by atoms with Crippen LogP contribution >= 0.6 is 0 Å². The first kappa shape index (κ1) is 12.7. The van der Waals surface area contributed by atoms with E-state index in [0.29, 0.717) is 6.61 Å². The van der Waals surface area contributed by atoms with Gasteiger partial charge in [-0.05, 0) is 33.1 Å². The van der Waals surface area contributed by atoms with E-state index in [9.17, 15) is 9.59 Å². The lowest BCUT2D eigenvalue weighted by atomic mass is 10.1. The molecule has 1 rings (SSSR count). The molecule has 4 nitrogen and oxygen atoms in total. The second kappa shape index (κ2) is 5.68. The van der Waals surface area contributed by atoms with Gasteiger partial charge in [-0.15, -0.1) is 0 Å². The Morgan fingerprint density at radius 2 is 2.31 bits per heavy atom. The minimum Gasteiger partial charge on any atom is -0.465 e. The second-order valence-corrected chi connectivity index (χ2v) is 4.09. The molecule has 0 aromatic rings. The molecule has 0 bridgehead atoms. The van der Waals surface area contributed by atoms with Gasteiger partial charge in [-0.1, -0.05) is 12.2 Å². The van der Waals surface area contributed by atoms with E-state index < -0.39 is 11.9 Å². The van der Waals surface area contributed by atoms with Gasteiger partial charge in [0.15, 0.2) is 0 Å². The Balaban J connectivity index is 2.45. The first-order valence-electron chi connectivity index (χ1n) is 5.71. The van der Waals surface area contributed by atoms with E-state index in [2.05, 4.69) is 11.9 Å². The van der Waals surface area contributed by atoms with Gasteiger partial charge in [-0.2, -0.15) is 0 Å². The maximum atomic E-state index is 11.7. The average molecular weight is 225 g/mol. The summed E-state index contributed by atoms with van der Waals surface area (Å²) in [6.07, 6.45) is 2.93. The number of hydrogen-bond acceptors (Lipinski definition) is 3. The van der Waals surface area contributed by atoms with Crippen LogP contribution in [-0.4, -0.2) is 24.5 Å². The Hall–Kier alpha value is -1.32. The van der Waals surface area contributed by atoms with Crippen molar-refractivity contribution in [3.05, 3.63) is 12.2 Å². The fourth-order valence-corrected chi connectivity index (χ4v) is 1.76. The summed E-state index contributed by atoms with van der Waals surface area (Å²) in [5.74, 6) is -1.48. The molecule has 2 atom stereocenters. The zero-order valence-electron chi connectivity index (χ0n) is 9.91. The number of ether oxygens (including phenoxy) is 1. The quantitative estimate of drug-likeness (QED) is 0.447. The molecule has 90 valence electrons. The van der Waals surface area contributed by atoms with Crippen LogP contribution in [0.4, 0.5) is 0 Å². The number of esters is 1. The molecule has 4 heteroatoms. The van der Waals surface area contributed by atoms with E-state index in [1.807, 2.05) is 0 Å². The summed E-state index contributed by atoms with van der Waals surface area (Å²) in [6.45, 7) is 7.48. The first-order chi connectivity index (χ1) is 7.56. The molecule has 0 aromatic carbocycles. The Kier molecular flexibility index (Phi) is 4.52. The van der Waals surface area contributed by atoms with Gasteiger partial charge in [0.1, 0.15) is 5.92 Å². The second-order valence-electron chi connectivity index (χ2n) is 4.09. The highest BCUT2D eigenvalue weighted by Crippen LogP contribution is 2.23. The van der Waals surface area contributed by atoms with Crippen molar-refractivity contribution in [3.8, 4) is 0 Å². The highest BCUT2D eigenvalue weighted by atomic mass is 16.5. The van der Waals surface area contributed by atoms with Gasteiger partial charge in [0, 0.05) is 6.04 Å². The monoisotopic (exact) mass is 225 g/mol. The third-order valence-corrected chi connectivity index (χ3v) is 2.83. The molecule has 0 radical (unpaired) electrons. The van der Waals surface area contributed by atoms with E-state index in [0.717, 1.165) is 24.8 Å². The lowest BCUT2D eigenvalue weighted by Crippen LogP contribution is -2.40. The molecule has 2 unspecified atom stereocenters. The molecule has 1 fully saturated rings. The Morgan fingerprint density at radius 1 is 1.62 bits per heavy atom. The van der Waals surface area contributed by atoms with Crippen molar-refractivity contribution in [2.45, 2.75) is 39.2 Å². The Morgan fingerprint density at radius 3 is 2.81 bits per heavy atom. The molecule has 0 aromatic heterocycles. The first-order valence-corrected chi connectivity index (χ1v) is 5.71. The maximum Gasteiger partial charge on any atom is 0.318 e. The van der Waals surface area contributed by atoms with Gasteiger partial charge in [-0.3, -0.25) is 9.59 Å². The molecule has 1 amide bonds. The summed E-state index contributed by atoms with van der Waals surface area (Å²) in [7, 11) is 0. The smallest absolute Gasteiger partial charge is 0.318 e. The fourth-order valence-electron chi connectivity index (χ4n) is 1.76. The van der Waals surface area contributed by atoms with Crippen LogP contribution in [0.5, 0.6) is 0 Å². The third-order valence-electron chi connectivity index (χ3n) is 2.83. The lowest BCUT2D eigenvalue weighted by Gasteiger charge is -2.16. The van der Waals surface area contributed by atoms with Gasteiger partial charge >= 0.3 is 5.97 Å². The van der Waals surface area contributed by atoms with E-state index in [1.165, 1.54) is 0 Å². The SMILES string of the molecule is C=C1CCCC1NC(=O)C(C)C(=O)OCC. The summed E-state index contributed by atoms with van der Waals surface area (Å²) in [5, 5.41) is 2.83. The number of amides is 1. The minimum absolute atomic E-state index is 0.0318. The van der Waals surface area contributed by atoms with Crippen molar-refractivity contribution < 1.29 is 14.3 Å². The van der Waals surface area contributed by atoms with Gasteiger partial charge in [0.2, 0.25) is 5.91 Å². The minimum atomic E-state index is -0.742. The van der Waals surface area contributed by atoms with E-state index in [-0.39, 0.29) is 11.9 Å². The zero-order valence-corrected chi connectivity index (χ0v) is 9.91. The fraction of sp³-hybridized carbons (Fsp3) is 0.667. The van der Waals surface area contributed by atoms with Crippen LogP contribution in [0.15, 0.2) is 12.2 Å². The maximum absolute atomic E-state index is 11.7. The molecule has 16 heavy (non-hydrogen) atoms. The number of carbonyl (C=O) groups is 2. The Bertz CT molecular complexity index is 299. The molecule has 0 aliphatic heterocycles. The van der Waals surface area contributed by atoms with E-state index in [1.54, 1.807) is 13.8 Å². The molecular weight excluding hydrogens is 206 g/mol. The standard InChI is InChI=1S/C12H19NO3/c1-4-16-12(15)9(3)11(14)13-10-7-5-6-8(10)2/h9-10H,2,4-7H2,1,3H3,(H,13,14). The molecule has 0 spiro atoms. The molecule has 1 aliphatic carbocycles. The van der Waals surface area contributed by atoms with Crippen LogP contribution < -0.4 is 5.32 Å². The number of carbonyl (C=O) groups excluding carboxylic acids is 2. The van der Waals surface area contributed by atoms with Crippen LogP contribution in [0.25, 0.3) is 0 Å². The van der Waals surface area contributed by atoms with Crippen molar-refractivity contribution in [2.24, 2.45) is 5.92 Å². The van der Waals surface area contributed by atoms with Crippen molar-refractivity contribution in [1.29, 1.82) is 0 Å². The summed E-state index contributed by atoms with van der Waals surface area (Å²) >= 11 is 0. The van der Waals surface area contributed by atoms with Crippen LogP contribution in [-0.2, 0) is 14.3 Å². The van der Waals surface area contributed by atoms with Crippen LogP contribution in [0.3, 0.4) is 0 Å². The highest BCUT2D eigenvalue weighted by Gasteiger charge is 2.27. The molecule has 0 saturated heterocycles. The lowest BCUT2D eigenvalue weighted by molar-refractivity contribution is -0.151. The average Bonchev–Trinajstić information content (AvgIpc) is 2.63. The van der Waals surface area contributed by atoms with Crippen LogP contribution in [0, 0.1) is 5.92 Å². The highest BCUT2D eigenvalue weighted by molar-refractivity contribution is 5.97. The van der Waals surface area contributed by atoms with E-state index in [4.69, 9.17) is 4.74 Å². The van der Waals surface area contributed by atoms with Crippen LogP contribution in [0.1, 0.15) is 33.1 Å². The van der Waals surface area contributed by atoms with Gasteiger partial charge in [-0.25, -0.2) is 0 Å². The van der Waals surface area contributed by atoms with Crippen molar-refractivity contribution in [1.82, 2.24) is 5.32 Å². The molecule has 1 N–H and O–H groups in total. The predicted octanol–water partition coefficient (Wildman–Crippen LogP) is 1.41. The third kappa shape index (κ3) is 3.08. The molecule has 1 saturated carbocycles. The summed E-state index contributed by atoms with van der Waals surface area (Å²) in [4.78, 5) is 23.0. The zero-order chi connectivity index (χ0) is 12.1. The van der Waals surface area contributed by atoms with E-state index >= 15 is 0 Å².